The molecule has 0 bridgehead atoms. The summed E-state index contributed by atoms with van der Waals surface area (Å²) in [4.78, 5) is 0. The molecule has 0 aliphatic carbocycles. The Kier molecular flexibility index (Phi) is 5.74. The minimum atomic E-state index is 0.138. The van der Waals surface area contributed by atoms with Gasteiger partial charge in [0, 0.05) is 0 Å². The molecule has 1 aromatic carbocycles. The maximum Gasteiger partial charge on any atom is 0.0717 e. The predicted molar refractivity (Wildman–Crippen MR) is 61.6 cm³/mol. The topological polar surface area (TPSA) is 29.5 Å². The summed E-state index contributed by atoms with van der Waals surface area (Å²) in [6.45, 7) is 3.41. The molecule has 0 saturated heterocycles. The fraction of sp³-hybridized carbons (Fsp3) is 0.385. The molecule has 82 valence electrons. The van der Waals surface area contributed by atoms with E-state index < -0.39 is 0 Å². The van der Waals surface area contributed by atoms with Crippen LogP contribution in [0, 0.1) is 0 Å². The SMILES string of the molecule is CC(=CCCOCc1ccccc1)CO. The second-order valence-electron chi connectivity index (χ2n) is 3.54. The minimum Gasteiger partial charge on any atom is -0.392 e. The van der Waals surface area contributed by atoms with Crippen LogP contribution in [0.4, 0.5) is 0 Å². The van der Waals surface area contributed by atoms with Crippen molar-refractivity contribution in [3.8, 4) is 0 Å². The average molecular weight is 206 g/mol. The third-order valence-electron chi connectivity index (χ3n) is 2.12. The molecule has 0 unspecified atom stereocenters. The van der Waals surface area contributed by atoms with Crippen molar-refractivity contribution in [1.29, 1.82) is 0 Å². The summed E-state index contributed by atoms with van der Waals surface area (Å²) in [7, 11) is 0. The summed E-state index contributed by atoms with van der Waals surface area (Å²) in [5, 5.41) is 8.76. The van der Waals surface area contributed by atoms with E-state index >= 15 is 0 Å². The van der Waals surface area contributed by atoms with Gasteiger partial charge in [-0.3, -0.25) is 0 Å². The van der Waals surface area contributed by atoms with Crippen molar-refractivity contribution in [2.24, 2.45) is 0 Å². The maximum atomic E-state index is 8.76. The third kappa shape index (κ3) is 5.35. The molecule has 1 aromatic rings. The van der Waals surface area contributed by atoms with Gasteiger partial charge in [0.2, 0.25) is 0 Å². The quantitative estimate of drug-likeness (QED) is 0.572. The highest BCUT2D eigenvalue weighted by molar-refractivity contribution is 5.13. The van der Waals surface area contributed by atoms with E-state index in [1.165, 1.54) is 5.56 Å². The van der Waals surface area contributed by atoms with Crippen molar-refractivity contribution in [2.75, 3.05) is 13.2 Å². The Hall–Kier alpha value is -1.12. The zero-order valence-corrected chi connectivity index (χ0v) is 9.15. The molecule has 0 radical (unpaired) electrons. The van der Waals surface area contributed by atoms with Crippen LogP contribution in [0.3, 0.4) is 0 Å². The molecule has 0 heterocycles. The molecule has 1 N–H and O–H groups in total. The molecule has 0 fully saturated rings. The van der Waals surface area contributed by atoms with Gasteiger partial charge in [-0.05, 0) is 18.9 Å². The van der Waals surface area contributed by atoms with Crippen LogP contribution in [0.15, 0.2) is 42.0 Å². The van der Waals surface area contributed by atoms with Crippen LogP contribution in [0.5, 0.6) is 0 Å². The molecule has 0 aliphatic rings. The maximum absolute atomic E-state index is 8.76. The average Bonchev–Trinajstić information content (AvgIpc) is 2.29. The molecule has 0 saturated carbocycles. The van der Waals surface area contributed by atoms with Gasteiger partial charge in [0.1, 0.15) is 0 Å². The van der Waals surface area contributed by atoms with Crippen LogP contribution in [0.25, 0.3) is 0 Å². The van der Waals surface area contributed by atoms with Crippen LogP contribution < -0.4 is 0 Å². The Labute approximate surface area is 91.2 Å². The lowest BCUT2D eigenvalue weighted by Crippen LogP contribution is -1.95. The minimum absolute atomic E-state index is 0.138. The van der Waals surface area contributed by atoms with E-state index in [2.05, 4.69) is 12.1 Å². The highest BCUT2D eigenvalue weighted by atomic mass is 16.5. The first-order chi connectivity index (χ1) is 7.33. The van der Waals surface area contributed by atoms with E-state index in [-0.39, 0.29) is 6.61 Å². The molecule has 0 spiro atoms. The van der Waals surface area contributed by atoms with Gasteiger partial charge in [-0.2, -0.15) is 0 Å². The summed E-state index contributed by atoms with van der Waals surface area (Å²) >= 11 is 0. The van der Waals surface area contributed by atoms with Crippen molar-refractivity contribution < 1.29 is 9.84 Å². The zero-order chi connectivity index (χ0) is 10.9. The van der Waals surface area contributed by atoms with Crippen molar-refractivity contribution in [3.05, 3.63) is 47.5 Å². The first-order valence-corrected chi connectivity index (χ1v) is 5.21. The van der Waals surface area contributed by atoms with Gasteiger partial charge < -0.3 is 9.84 Å². The Morgan fingerprint density at radius 3 is 2.73 bits per heavy atom. The van der Waals surface area contributed by atoms with Gasteiger partial charge in [0.05, 0.1) is 19.8 Å². The summed E-state index contributed by atoms with van der Waals surface area (Å²) in [5.41, 5.74) is 2.19. The number of ether oxygens (including phenoxy) is 1. The van der Waals surface area contributed by atoms with Gasteiger partial charge in [0.15, 0.2) is 0 Å². The Morgan fingerprint density at radius 2 is 2.07 bits per heavy atom. The van der Waals surface area contributed by atoms with Crippen molar-refractivity contribution >= 4 is 0 Å². The van der Waals surface area contributed by atoms with Crippen molar-refractivity contribution in [1.82, 2.24) is 0 Å². The molecule has 1 rings (SSSR count). The lowest BCUT2D eigenvalue weighted by Gasteiger charge is -2.02. The standard InChI is InChI=1S/C13H18O2/c1-12(10-14)6-5-9-15-11-13-7-3-2-4-8-13/h2-4,6-8,14H,5,9-11H2,1H3. The summed E-state index contributed by atoms with van der Waals surface area (Å²) in [6, 6.07) is 10.1. The lowest BCUT2D eigenvalue weighted by atomic mass is 10.2. The van der Waals surface area contributed by atoms with E-state index in [1.807, 2.05) is 31.2 Å². The second-order valence-corrected chi connectivity index (χ2v) is 3.54. The van der Waals surface area contributed by atoms with Gasteiger partial charge >= 0.3 is 0 Å². The molecule has 0 aromatic heterocycles. The summed E-state index contributed by atoms with van der Waals surface area (Å²) in [6.07, 6.45) is 2.87. The van der Waals surface area contributed by atoms with E-state index in [0.717, 1.165) is 12.0 Å². The Bertz CT molecular complexity index is 291. The van der Waals surface area contributed by atoms with E-state index in [9.17, 15) is 0 Å². The fourth-order valence-electron chi connectivity index (χ4n) is 1.22. The van der Waals surface area contributed by atoms with Crippen molar-refractivity contribution in [3.63, 3.8) is 0 Å². The largest absolute Gasteiger partial charge is 0.392 e. The van der Waals surface area contributed by atoms with Crippen molar-refractivity contribution in [2.45, 2.75) is 20.0 Å². The van der Waals surface area contributed by atoms with Gasteiger partial charge in [-0.1, -0.05) is 42.0 Å². The van der Waals surface area contributed by atoms with E-state index in [4.69, 9.17) is 9.84 Å². The first kappa shape index (κ1) is 12.0. The Balaban J connectivity index is 2.13. The number of hydrogen-bond acceptors (Lipinski definition) is 2. The van der Waals surface area contributed by atoms with Crippen LogP contribution in [0.1, 0.15) is 18.9 Å². The van der Waals surface area contributed by atoms with Crippen LogP contribution in [-0.4, -0.2) is 18.3 Å². The second kappa shape index (κ2) is 7.21. The molecular formula is C13H18O2. The summed E-state index contributed by atoms with van der Waals surface area (Å²) in [5.74, 6) is 0. The molecule has 0 atom stereocenters. The molecule has 2 heteroatoms. The van der Waals surface area contributed by atoms with E-state index in [0.29, 0.717) is 13.2 Å². The van der Waals surface area contributed by atoms with Gasteiger partial charge in [-0.15, -0.1) is 0 Å². The number of rotatable bonds is 6. The highest BCUT2D eigenvalue weighted by Gasteiger charge is 1.91. The van der Waals surface area contributed by atoms with Crippen LogP contribution >= 0.6 is 0 Å². The predicted octanol–water partition coefficient (Wildman–Crippen LogP) is 2.53. The number of benzene rings is 1. The normalized spacial score (nSPS) is 11.7. The van der Waals surface area contributed by atoms with Crippen LogP contribution in [-0.2, 0) is 11.3 Å². The smallest absolute Gasteiger partial charge is 0.0717 e. The third-order valence-corrected chi connectivity index (χ3v) is 2.12. The fourth-order valence-corrected chi connectivity index (χ4v) is 1.22. The molecule has 0 amide bonds. The lowest BCUT2D eigenvalue weighted by molar-refractivity contribution is 0.125. The zero-order valence-electron chi connectivity index (χ0n) is 9.15. The monoisotopic (exact) mass is 206 g/mol. The van der Waals surface area contributed by atoms with Gasteiger partial charge in [-0.25, -0.2) is 0 Å². The number of aliphatic hydroxyl groups is 1. The summed E-state index contributed by atoms with van der Waals surface area (Å²) < 4.78 is 5.49. The molecular weight excluding hydrogens is 188 g/mol. The number of aliphatic hydroxyl groups excluding tert-OH is 1. The first-order valence-electron chi connectivity index (χ1n) is 5.21. The van der Waals surface area contributed by atoms with Gasteiger partial charge in [0.25, 0.3) is 0 Å². The van der Waals surface area contributed by atoms with Crippen LogP contribution in [0.2, 0.25) is 0 Å². The molecule has 15 heavy (non-hydrogen) atoms. The molecule has 2 nitrogen and oxygen atoms in total. The highest BCUT2D eigenvalue weighted by Crippen LogP contribution is 2.01. The number of hydrogen-bond donors (Lipinski definition) is 1. The Morgan fingerprint density at radius 1 is 1.33 bits per heavy atom. The van der Waals surface area contributed by atoms with E-state index in [1.54, 1.807) is 0 Å². The molecule has 0 aliphatic heterocycles.